The monoisotopic (exact) mass is 286 g/mol. The normalized spacial score (nSPS) is 14.6. The van der Waals surface area contributed by atoms with Gasteiger partial charge in [0.1, 0.15) is 0 Å². The van der Waals surface area contributed by atoms with E-state index in [1.54, 1.807) is 0 Å². The van der Waals surface area contributed by atoms with Crippen molar-refractivity contribution in [2.75, 3.05) is 6.61 Å². The lowest BCUT2D eigenvalue weighted by Gasteiger charge is -2.39. The van der Waals surface area contributed by atoms with Crippen LogP contribution < -0.4 is 0 Å². The second-order valence-corrected chi connectivity index (χ2v) is 11.3. The number of aliphatic hydroxyl groups is 1. The van der Waals surface area contributed by atoms with Crippen molar-refractivity contribution in [3.8, 4) is 0 Å². The second-order valence-electron chi connectivity index (χ2n) is 6.10. The van der Waals surface area contributed by atoms with E-state index in [4.69, 9.17) is 16.0 Å². The minimum Gasteiger partial charge on any atom is -0.408 e. The van der Waals surface area contributed by atoms with Crippen LogP contribution in [0.15, 0.2) is 24.3 Å². The molecule has 0 heterocycles. The highest BCUT2D eigenvalue weighted by atomic mass is 35.5. The molecule has 0 amide bonds. The van der Waals surface area contributed by atoms with Crippen molar-refractivity contribution in [1.29, 1.82) is 0 Å². The van der Waals surface area contributed by atoms with Gasteiger partial charge in [-0.05, 0) is 35.8 Å². The van der Waals surface area contributed by atoms with E-state index in [2.05, 4.69) is 33.9 Å². The van der Waals surface area contributed by atoms with Crippen molar-refractivity contribution >= 4 is 19.9 Å². The molecule has 0 radical (unpaired) electrons. The van der Waals surface area contributed by atoms with Gasteiger partial charge in [0.25, 0.3) is 0 Å². The number of aliphatic hydroxyl groups excluding tert-OH is 1. The molecule has 1 aromatic carbocycles. The molecule has 0 saturated carbocycles. The molecule has 0 spiro atoms. The molecule has 1 aromatic rings. The zero-order chi connectivity index (χ0) is 14.0. The number of halogens is 1. The van der Waals surface area contributed by atoms with Gasteiger partial charge in [-0.3, -0.25) is 0 Å². The van der Waals surface area contributed by atoms with Crippen LogP contribution in [0, 0.1) is 0 Å². The summed E-state index contributed by atoms with van der Waals surface area (Å²) in [7, 11) is -1.89. The van der Waals surface area contributed by atoms with Gasteiger partial charge in [0, 0.05) is 5.02 Å². The lowest BCUT2D eigenvalue weighted by atomic mass is 10.1. The van der Waals surface area contributed by atoms with Gasteiger partial charge in [-0.15, -0.1) is 0 Å². The first-order valence-electron chi connectivity index (χ1n) is 6.21. The Labute approximate surface area is 116 Å². The molecule has 0 aliphatic rings. The maximum absolute atomic E-state index is 9.55. The molecule has 0 fully saturated rings. The van der Waals surface area contributed by atoms with Crippen LogP contribution in [0.1, 0.15) is 32.4 Å². The molecule has 0 saturated heterocycles. The summed E-state index contributed by atoms with van der Waals surface area (Å²) in [4.78, 5) is 0. The van der Waals surface area contributed by atoms with Crippen molar-refractivity contribution in [3.05, 3.63) is 34.9 Å². The van der Waals surface area contributed by atoms with Crippen LogP contribution in [0.25, 0.3) is 0 Å². The Hall–Kier alpha value is -0.353. The highest BCUT2D eigenvalue weighted by Crippen LogP contribution is 2.39. The Bertz CT molecular complexity index is 399. The summed E-state index contributed by atoms with van der Waals surface area (Å²) in [6.45, 7) is 10.9. The quantitative estimate of drug-likeness (QED) is 0.832. The summed E-state index contributed by atoms with van der Waals surface area (Å²) in [5.41, 5.74) is 0.940. The van der Waals surface area contributed by atoms with Crippen LogP contribution in [-0.2, 0) is 4.43 Å². The fourth-order valence-electron chi connectivity index (χ4n) is 1.45. The van der Waals surface area contributed by atoms with Gasteiger partial charge in [0.2, 0.25) is 0 Å². The lowest BCUT2D eigenvalue weighted by molar-refractivity contribution is 0.103. The van der Waals surface area contributed by atoms with Crippen LogP contribution in [0.5, 0.6) is 0 Å². The van der Waals surface area contributed by atoms with Crippen LogP contribution in [0.4, 0.5) is 0 Å². The number of rotatable bonds is 4. The topological polar surface area (TPSA) is 29.5 Å². The zero-order valence-electron chi connectivity index (χ0n) is 11.8. The first kappa shape index (κ1) is 15.7. The first-order valence-corrected chi connectivity index (χ1v) is 9.50. The van der Waals surface area contributed by atoms with E-state index in [-0.39, 0.29) is 17.7 Å². The van der Waals surface area contributed by atoms with Crippen molar-refractivity contribution in [1.82, 2.24) is 0 Å². The Morgan fingerprint density at radius 3 is 2.39 bits per heavy atom. The van der Waals surface area contributed by atoms with Gasteiger partial charge in [-0.1, -0.05) is 44.5 Å². The van der Waals surface area contributed by atoms with E-state index in [9.17, 15) is 5.11 Å². The SMILES string of the molecule is CC(C)(C)[Si](C)(C)OC(CO)c1cccc(Cl)c1. The smallest absolute Gasteiger partial charge is 0.193 e. The summed E-state index contributed by atoms with van der Waals surface area (Å²) < 4.78 is 6.22. The van der Waals surface area contributed by atoms with E-state index in [0.29, 0.717) is 5.02 Å². The maximum atomic E-state index is 9.55. The summed E-state index contributed by atoms with van der Waals surface area (Å²) in [6.07, 6.45) is -0.287. The predicted molar refractivity (Wildman–Crippen MR) is 79.6 cm³/mol. The lowest BCUT2D eigenvalue weighted by Crippen LogP contribution is -2.42. The van der Waals surface area contributed by atoms with Gasteiger partial charge in [0.05, 0.1) is 12.7 Å². The average Bonchev–Trinajstić information content (AvgIpc) is 2.24. The maximum Gasteiger partial charge on any atom is 0.193 e. The van der Waals surface area contributed by atoms with Crippen LogP contribution in [-0.4, -0.2) is 20.0 Å². The van der Waals surface area contributed by atoms with E-state index < -0.39 is 8.32 Å². The van der Waals surface area contributed by atoms with Gasteiger partial charge in [-0.25, -0.2) is 0 Å². The third-order valence-electron chi connectivity index (χ3n) is 3.63. The summed E-state index contributed by atoms with van der Waals surface area (Å²) in [6, 6.07) is 7.51. The molecule has 2 nitrogen and oxygen atoms in total. The molecule has 0 bridgehead atoms. The van der Waals surface area contributed by atoms with Gasteiger partial charge in [-0.2, -0.15) is 0 Å². The number of hydrogen-bond donors (Lipinski definition) is 1. The van der Waals surface area contributed by atoms with Gasteiger partial charge in [0.15, 0.2) is 8.32 Å². The Balaban J connectivity index is 2.93. The standard InChI is InChI=1S/C14H23ClO2Si/c1-14(2,3)18(4,5)17-13(10-16)11-7-6-8-12(15)9-11/h6-9,13,16H,10H2,1-5H3. The predicted octanol–water partition coefficient (Wildman–Crippen LogP) is 4.40. The van der Waals surface area contributed by atoms with E-state index in [1.807, 2.05) is 24.3 Å². The van der Waals surface area contributed by atoms with Crippen molar-refractivity contribution in [2.45, 2.75) is 45.0 Å². The largest absolute Gasteiger partial charge is 0.408 e. The molecule has 18 heavy (non-hydrogen) atoms. The van der Waals surface area contributed by atoms with Crippen molar-refractivity contribution in [2.24, 2.45) is 0 Å². The Kier molecular flexibility index (Phi) is 5.01. The molecule has 1 unspecified atom stereocenters. The second kappa shape index (κ2) is 5.74. The van der Waals surface area contributed by atoms with Crippen molar-refractivity contribution < 1.29 is 9.53 Å². The Morgan fingerprint density at radius 1 is 1.33 bits per heavy atom. The van der Waals surface area contributed by atoms with Crippen LogP contribution in [0.3, 0.4) is 0 Å². The molecule has 0 aromatic heterocycles. The van der Waals surface area contributed by atoms with E-state index in [0.717, 1.165) is 5.56 Å². The molecule has 0 aliphatic heterocycles. The van der Waals surface area contributed by atoms with Gasteiger partial charge >= 0.3 is 0 Å². The van der Waals surface area contributed by atoms with E-state index >= 15 is 0 Å². The minimum absolute atomic E-state index is 0.0210. The minimum atomic E-state index is -1.89. The number of benzene rings is 1. The van der Waals surface area contributed by atoms with Crippen LogP contribution in [0.2, 0.25) is 23.2 Å². The number of hydrogen-bond acceptors (Lipinski definition) is 2. The molecule has 1 N–H and O–H groups in total. The molecular formula is C14H23ClO2Si. The molecule has 4 heteroatoms. The van der Waals surface area contributed by atoms with Gasteiger partial charge < -0.3 is 9.53 Å². The summed E-state index contributed by atoms with van der Waals surface area (Å²) in [5.74, 6) is 0. The highest BCUT2D eigenvalue weighted by Gasteiger charge is 2.39. The summed E-state index contributed by atoms with van der Waals surface area (Å²) in [5, 5.41) is 10.3. The molecule has 1 rings (SSSR count). The fraction of sp³-hybridized carbons (Fsp3) is 0.571. The molecular weight excluding hydrogens is 264 g/mol. The fourth-order valence-corrected chi connectivity index (χ4v) is 2.92. The Morgan fingerprint density at radius 2 is 1.94 bits per heavy atom. The molecule has 102 valence electrons. The third kappa shape index (κ3) is 3.82. The summed E-state index contributed by atoms with van der Waals surface area (Å²) >= 11 is 5.98. The molecule has 1 atom stereocenters. The zero-order valence-corrected chi connectivity index (χ0v) is 13.6. The average molecular weight is 287 g/mol. The highest BCUT2D eigenvalue weighted by molar-refractivity contribution is 6.74. The molecule has 0 aliphatic carbocycles. The third-order valence-corrected chi connectivity index (χ3v) is 8.35. The van der Waals surface area contributed by atoms with Crippen LogP contribution >= 0.6 is 11.6 Å². The van der Waals surface area contributed by atoms with Crippen molar-refractivity contribution in [3.63, 3.8) is 0 Å². The first-order chi connectivity index (χ1) is 8.17. The van der Waals surface area contributed by atoms with E-state index in [1.165, 1.54) is 0 Å².